The Balaban J connectivity index is 2.03. The van der Waals surface area contributed by atoms with Gasteiger partial charge >= 0.3 is 12.2 Å². The van der Waals surface area contributed by atoms with Gasteiger partial charge in [-0.15, -0.1) is 10.2 Å². The van der Waals surface area contributed by atoms with E-state index in [4.69, 9.17) is 4.74 Å². The van der Waals surface area contributed by atoms with E-state index in [0.29, 0.717) is 0 Å². The molecule has 6 nitrogen and oxygen atoms in total. The fraction of sp³-hybridized carbons (Fsp3) is 0.182. The zero-order chi connectivity index (χ0) is 16.3. The van der Waals surface area contributed by atoms with Gasteiger partial charge in [0, 0.05) is 6.07 Å². The van der Waals surface area contributed by atoms with Crippen LogP contribution in [0.1, 0.15) is 5.01 Å². The topological polar surface area (TPSA) is 76.1 Å². The minimum absolute atomic E-state index is 0.156. The standard InChI is InChI=1S/C11H8F4N4O2S/c1-21-5-2-3-7(6(12)4-5)16-9(20)17-10-19-18-8(22-10)11(13,14)15/h2-4H,1H3,(H2,16,17,19,20). The van der Waals surface area contributed by atoms with Gasteiger partial charge < -0.3 is 10.1 Å². The van der Waals surface area contributed by atoms with Crippen molar-refractivity contribution in [3.05, 3.63) is 29.0 Å². The summed E-state index contributed by atoms with van der Waals surface area (Å²) in [6.45, 7) is 0. The molecule has 0 fully saturated rings. The predicted molar refractivity (Wildman–Crippen MR) is 70.5 cm³/mol. The molecule has 0 unspecified atom stereocenters. The second kappa shape index (κ2) is 6.13. The molecule has 0 saturated heterocycles. The number of rotatable bonds is 3. The van der Waals surface area contributed by atoms with Crippen LogP contribution < -0.4 is 15.4 Å². The summed E-state index contributed by atoms with van der Waals surface area (Å²) in [4.78, 5) is 11.6. The monoisotopic (exact) mass is 336 g/mol. The number of ether oxygens (including phenoxy) is 1. The van der Waals surface area contributed by atoms with Crippen molar-refractivity contribution >= 4 is 28.2 Å². The van der Waals surface area contributed by atoms with Crippen molar-refractivity contribution in [1.82, 2.24) is 10.2 Å². The van der Waals surface area contributed by atoms with E-state index in [1.807, 2.05) is 5.32 Å². The van der Waals surface area contributed by atoms with Gasteiger partial charge in [-0.3, -0.25) is 5.32 Å². The number of hydrogen-bond acceptors (Lipinski definition) is 5. The first-order chi connectivity index (χ1) is 10.3. The number of anilines is 2. The second-order valence-corrected chi connectivity index (χ2v) is 4.81. The molecule has 0 aliphatic carbocycles. The molecule has 0 bridgehead atoms. The van der Waals surface area contributed by atoms with Crippen molar-refractivity contribution in [2.45, 2.75) is 6.18 Å². The maximum absolute atomic E-state index is 13.6. The summed E-state index contributed by atoms with van der Waals surface area (Å²) in [6, 6.07) is 2.75. The fourth-order valence-electron chi connectivity index (χ4n) is 1.36. The highest BCUT2D eigenvalue weighted by Gasteiger charge is 2.35. The third kappa shape index (κ3) is 3.81. The Hall–Kier alpha value is -2.43. The molecule has 2 amide bonds. The van der Waals surface area contributed by atoms with Crippen LogP contribution in [0.5, 0.6) is 5.75 Å². The molecule has 22 heavy (non-hydrogen) atoms. The number of nitrogens with zero attached hydrogens (tertiary/aromatic N) is 2. The summed E-state index contributed by atoms with van der Waals surface area (Å²) in [5, 5.41) is 8.69. The Morgan fingerprint density at radius 3 is 2.55 bits per heavy atom. The second-order valence-electron chi connectivity index (χ2n) is 3.84. The van der Waals surface area contributed by atoms with E-state index in [0.717, 1.165) is 6.07 Å². The molecule has 1 heterocycles. The first-order valence-corrected chi connectivity index (χ1v) is 6.43. The lowest BCUT2D eigenvalue weighted by atomic mass is 10.3. The van der Waals surface area contributed by atoms with E-state index in [1.54, 1.807) is 0 Å². The lowest BCUT2D eigenvalue weighted by molar-refractivity contribution is -0.138. The number of nitrogens with one attached hydrogen (secondary N) is 2. The van der Waals surface area contributed by atoms with Crippen molar-refractivity contribution in [3.63, 3.8) is 0 Å². The molecule has 11 heteroatoms. The molecule has 0 saturated carbocycles. The Morgan fingerprint density at radius 1 is 1.27 bits per heavy atom. The molecular weight excluding hydrogens is 328 g/mol. The van der Waals surface area contributed by atoms with E-state index in [-0.39, 0.29) is 27.9 Å². The van der Waals surface area contributed by atoms with Crippen molar-refractivity contribution in [3.8, 4) is 5.75 Å². The Kier molecular flexibility index (Phi) is 4.45. The minimum Gasteiger partial charge on any atom is -0.497 e. The average Bonchev–Trinajstić information content (AvgIpc) is 2.89. The third-order valence-electron chi connectivity index (χ3n) is 2.31. The molecule has 2 aromatic rings. The summed E-state index contributed by atoms with van der Waals surface area (Å²) in [6.07, 6.45) is -4.64. The maximum atomic E-state index is 13.6. The smallest absolute Gasteiger partial charge is 0.445 e. The number of amides is 2. The highest BCUT2D eigenvalue weighted by Crippen LogP contribution is 2.33. The molecule has 2 rings (SSSR count). The average molecular weight is 336 g/mol. The summed E-state index contributed by atoms with van der Waals surface area (Å²) in [5.74, 6) is -0.509. The highest BCUT2D eigenvalue weighted by molar-refractivity contribution is 7.15. The quantitative estimate of drug-likeness (QED) is 0.843. The first-order valence-electron chi connectivity index (χ1n) is 5.62. The van der Waals surface area contributed by atoms with Crippen LogP contribution in [0, 0.1) is 5.82 Å². The number of halogens is 4. The van der Waals surface area contributed by atoms with E-state index in [9.17, 15) is 22.4 Å². The van der Waals surface area contributed by atoms with Gasteiger partial charge in [-0.1, -0.05) is 11.3 Å². The fourth-order valence-corrected chi connectivity index (χ4v) is 1.97. The van der Waals surface area contributed by atoms with Gasteiger partial charge in [-0.25, -0.2) is 9.18 Å². The largest absolute Gasteiger partial charge is 0.497 e. The van der Waals surface area contributed by atoms with E-state index in [2.05, 4.69) is 15.5 Å². The summed E-state index contributed by atoms with van der Waals surface area (Å²) in [7, 11) is 1.35. The van der Waals surface area contributed by atoms with Gasteiger partial charge in [-0.2, -0.15) is 13.2 Å². The Labute approximate surface area is 125 Å². The van der Waals surface area contributed by atoms with Gasteiger partial charge in [-0.05, 0) is 12.1 Å². The Bertz CT molecular complexity index is 689. The number of hydrogen-bond donors (Lipinski definition) is 2. The number of carbonyl (C=O) groups excluding carboxylic acids is 1. The van der Waals surface area contributed by atoms with Crippen LogP contribution in [0.3, 0.4) is 0 Å². The number of aromatic nitrogens is 2. The van der Waals surface area contributed by atoms with Crippen LogP contribution >= 0.6 is 11.3 Å². The number of benzene rings is 1. The number of methoxy groups -OCH3 is 1. The Morgan fingerprint density at radius 2 is 2.00 bits per heavy atom. The normalized spacial score (nSPS) is 11.1. The van der Waals surface area contributed by atoms with Crippen molar-refractivity contribution in [2.24, 2.45) is 0 Å². The number of alkyl halides is 3. The van der Waals surface area contributed by atoms with Crippen LogP contribution in [0.4, 0.5) is 33.2 Å². The zero-order valence-electron chi connectivity index (χ0n) is 10.9. The van der Waals surface area contributed by atoms with Gasteiger partial charge in [0.05, 0.1) is 12.8 Å². The van der Waals surface area contributed by atoms with Gasteiger partial charge in [0.1, 0.15) is 11.6 Å². The van der Waals surface area contributed by atoms with Crippen molar-refractivity contribution in [1.29, 1.82) is 0 Å². The van der Waals surface area contributed by atoms with E-state index < -0.39 is 23.0 Å². The molecule has 0 spiro atoms. The van der Waals surface area contributed by atoms with Crippen molar-refractivity contribution < 1.29 is 27.1 Å². The van der Waals surface area contributed by atoms with Crippen molar-refractivity contribution in [2.75, 3.05) is 17.7 Å². The van der Waals surface area contributed by atoms with Crippen LogP contribution in [-0.4, -0.2) is 23.3 Å². The molecule has 1 aromatic carbocycles. The lowest BCUT2D eigenvalue weighted by Gasteiger charge is -2.07. The molecule has 0 aliphatic rings. The van der Waals surface area contributed by atoms with Gasteiger partial charge in [0.25, 0.3) is 0 Å². The summed E-state index contributed by atoms with van der Waals surface area (Å²) < 4.78 is 55.4. The number of urea groups is 1. The molecular formula is C11H8F4N4O2S. The zero-order valence-corrected chi connectivity index (χ0v) is 11.7. The lowest BCUT2D eigenvalue weighted by Crippen LogP contribution is -2.20. The molecule has 0 radical (unpaired) electrons. The molecule has 0 atom stereocenters. The first kappa shape index (κ1) is 15.9. The molecule has 1 aromatic heterocycles. The number of carbonyl (C=O) groups is 1. The van der Waals surface area contributed by atoms with Crippen LogP contribution in [-0.2, 0) is 6.18 Å². The van der Waals surface area contributed by atoms with Crippen LogP contribution in [0.25, 0.3) is 0 Å². The summed E-state index contributed by atoms with van der Waals surface area (Å²) in [5.41, 5.74) is -0.168. The summed E-state index contributed by atoms with van der Waals surface area (Å²) >= 11 is 0.156. The highest BCUT2D eigenvalue weighted by atomic mass is 32.1. The molecule has 118 valence electrons. The maximum Gasteiger partial charge on any atom is 0.445 e. The van der Waals surface area contributed by atoms with E-state index >= 15 is 0 Å². The van der Waals surface area contributed by atoms with Crippen LogP contribution in [0.15, 0.2) is 18.2 Å². The third-order valence-corrected chi connectivity index (χ3v) is 3.20. The van der Waals surface area contributed by atoms with E-state index in [1.165, 1.54) is 19.2 Å². The predicted octanol–water partition coefficient (Wildman–Crippen LogP) is 3.35. The minimum atomic E-state index is -4.64. The molecule has 2 N–H and O–H groups in total. The SMILES string of the molecule is COc1ccc(NC(=O)Nc2nnc(C(F)(F)F)s2)c(F)c1. The molecule has 0 aliphatic heterocycles. The van der Waals surface area contributed by atoms with Crippen LogP contribution in [0.2, 0.25) is 0 Å². The van der Waals surface area contributed by atoms with Gasteiger partial charge in [0.15, 0.2) is 0 Å². The van der Waals surface area contributed by atoms with Gasteiger partial charge in [0.2, 0.25) is 10.1 Å².